The Balaban J connectivity index is 1.91. The number of rotatable bonds is 5. The number of hydrogen-bond acceptors (Lipinski definition) is 2. The second-order valence-electron chi connectivity index (χ2n) is 5.86. The lowest BCUT2D eigenvalue weighted by Gasteiger charge is -2.12. The SMILES string of the molecule is O=C(Nc1cccc(Cl)c1)C(=Cc1ccccc1F)NC(=O)c1ccccc1. The molecule has 0 aliphatic heterocycles. The van der Waals surface area contributed by atoms with E-state index in [9.17, 15) is 14.0 Å². The van der Waals surface area contributed by atoms with Crippen LogP contribution in [0.5, 0.6) is 0 Å². The highest BCUT2D eigenvalue weighted by Crippen LogP contribution is 2.17. The summed E-state index contributed by atoms with van der Waals surface area (Å²) in [6.07, 6.45) is 1.29. The van der Waals surface area contributed by atoms with E-state index in [1.807, 2.05) is 0 Å². The lowest BCUT2D eigenvalue weighted by atomic mass is 10.1. The molecule has 28 heavy (non-hydrogen) atoms. The maximum Gasteiger partial charge on any atom is 0.272 e. The smallest absolute Gasteiger partial charge is 0.272 e. The van der Waals surface area contributed by atoms with Crippen LogP contribution >= 0.6 is 11.6 Å². The van der Waals surface area contributed by atoms with Gasteiger partial charge in [-0.15, -0.1) is 0 Å². The topological polar surface area (TPSA) is 58.2 Å². The first kappa shape index (κ1) is 19.3. The van der Waals surface area contributed by atoms with Crippen molar-refractivity contribution in [3.63, 3.8) is 0 Å². The maximum absolute atomic E-state index is 14.0. The van der Waals surface area contributed by atoms with Crippen molar-refractivity contribution in [3.8, 4) is 0 Å². The molecule has 0 aromatic heterocycles. The molecule has 0 saturated carbocycles. The van der Waals surface area contributed by atoms with Gasteiger partial charge in [0.05, 0.1) is 0 Å². The quantitative estimate of drug-likeness (QED) is 0.605. The van der Waals surface area contributed by atoms with Crippen LogP contribution in [0.25, 0.3) is 6.08 Å². The summed E-state index contributed by atoms with van der Waals surface area (Å²) in [5.74, 6) is -1.59. The molecule has 0 spiro atoms. The molecular formula is C22H16ClFN2O2. The number of halogens is 2. The number of anilines is 1. The third kappa shape index (κ3) is 5.05. The summed E-state index contributed by atoms with van der Waals surface area (Å²) in [6, 6.07) is 21.0. The van der Waals surface area contributed by atoms with Crippen LogP contribution in [0.3, 0.4) is 0 Å². The molecule has 3 aromatic carbocycles. The molecular weight excluding hydrogens is 379 g/mol. The van der Waals surface area contributed by atoms with Crippen LogP contribution in [-0.4, -0.2) is 11.8 Å². The summed E-state index contributed by atoms with van der Waals surface area (Å²) >= 11 is 5.94. The van der Waals surface area contributed by atoms with Crippen molar-refractivity contribution in [2.24, 2.45) is 0 Å². The van der Waals surface area contributed by atoms with Crippen molar-refractivity contribution in [3.05, 3.63) is 107 Å². The van der Waals surface area contributed by atoms with E-state index >= 15 is 0 Å². The second kappa shape index (κ2) is 8.97. The average Bonchev–Trinajstić information content (AvgIpc) is 2.69. The molecule has 0 bridgehead atoms. The lowest BCUT2D eigenvalue weighted by Crippen LogP contribution is -2.30. The van der Waals surface area contributed by atoms with Crippen LogP contribution in [0.2, 0.25) is 5.02 Å². The van der Waals surface area contributed by atoms with Gasteiger partial charge in [-0.1, -0.05) is 54.1 Å². The normalized spacial score (nSPS) is 11.0. The molecule has 3 rings (SSSR count). The monoisotopic (exact) mass is 394 g/mol. The molecule has 0 saturated heterocycles. The first-order chi connectivity index (χ1) is 13.5. The van der Waals surface area contributed by atoms with E-state index in [0.29, 0.717) is 16.3 Å². The summed E-state index contributed by atoms with van der Waals surface area (Å²) in [4.78, 5) is 25.2. The molecule has 0 radical (unpaired) electrons. The molecule has 0 unspecified atom stereocenters. The van der Waals surface area contributed by atoms with Gasteiger partial charge in [-0.2, -0.15) is 0 Å². The number of hydrogen-bond donors (Lipinski definition) is 2. The van der Waals surface area contributed by atoms with E-state index in [2.05, 4.69) is 10.6 Å². The average molecular weight is 395 g/mol. The van der Waals surface area contributed by atoms with Crippen LogP contribution in [0.1, 0.15) is 15.9 Å². The molecule has 4 nitrogen and oxygen atoms in total. The Hall–Kier alpha value is -3.44. The minimum absolute atomic E-state index is 0.0982. The molecule has 2 amide bonds. The molecule has 140 valence electrons. The Bertz CT molecular complexity index is 1040. The Morgan fingerprint density at radius 1 is 0.893 bits per heavy atom. The summed E-state index contributed by atoms with van der Waals surface area (Å²) in [7, 11) is 0. The van der Waals surface area contributed by atoms with Gasteiger partial charge in [0.25, 0.3) is 11.8 Å². The first-order valence-corrected chi connectivity index (χ1v) is 8.80. The van der Waals surface area contributed by atoms with Crippen molar-refractivity contribution < 1.29 is 14.0 Å². The number of nitrogens with one attached hydrogen (secondary N) is 2. The summed E-state index contributed by atoms with van der Waals surface area (Å²) in [6.45, 7) is 0. The third-order valence-corrected chi connectivity index (χ3v) is 4.05. The minimum Gasteiger partial charge on any atom is -0.321 e. The number of carbonyl (C=O) groups is 2. The molecule has 3 aromatic rings. The van der Waals surface area contributed by atoms with Gasteiger partial charge < -0.3 is 10.6 Å². The van der Waals surface area contributed by atoms with Gasteiger partial charge in [0.1, 0.15) is 11.5 Å². The molecule has 2 N–H and O–H groups in total. The highest BCUT2D eigenvalue weighted by Gasteiger charge is 2.16. The number of amides is 2. The molecule has 0 aliphatic rings. The van der Waals surface area contributed by atoms with Crippen LogP contribution in [0, 0.1) is 5.82 Å². The van der Waals surface area contributed by atoms with Gasteiger partial charge in [-0.25, -0.2) is 4.39 Å². The zero-order valence-electron chi connectivity index (χ0n) is 14.7. The van der Waals surface area contributed by atoms with Crippen molar-refractivity contribution in [2.45, 2.75) is 0 Å². The first-order valence-electron chi connectivity index (χ1n) is 8.42. The molecule has 0 heterocycles. The third-order valence-electron chi connectivity index (χ3n) is 3.82. The summed E-state index contributed by atoms with van der Waals surface area (Å²) in [5.41, 5.74) is 0.898. The van der Waals surface area contributed by atoms with E-state index in [0.717, 1.165) is 0 Å². The van der Waals surface area contributed by atoms with Crippen LogP contribution < -0.4 is 10.6 Å². The van der Waals surface area contributed by atoms with Gasteiger partial charge in [0.15, 0.2) is 0 Å². The lowest BCUT2D eigenvalue weighted by molar-refractivity contribution is -0.113. The van der Waals surface area contributed by atoms with Gasteiger partial charge in [0, 0.05) is 21.8 Å². The van der Waals surface area contributed by atoms with Crippen molar-refractivity contribution in [2.75, 3.05) is 5.32 Å². The predicted molar refractivity (Wildman–Crippen MR) is 108 cm³/mol. The zero-order valence-corrected chi connectivity index (χ0v) is 15.4. The Labute approximate surface area is 166 Å². The number of carbonyl (C=O) groups excluding carboxylic acids is 2. The second-order valence-corrected chi connectivity index (χ2v) is 6.30. The van der Waals surface area contributed by atoms with Crippen molar-refractivity contribution >= 4 is 35.2 Å². The van der Waals surface area contributed by atoms with E-state index in [1.165, 1.54) is 18.2 Å². The van der Waals surface area contributed by atoms with Crippen molar-refractivity contribution in [1.82, 2.24) is 5.32 Å². The Morgan fingerprint density at radius 2 is 1.61 bits per heavy atom. The summed E-state index contributed by atoms with van der Waals surface area (Å²) < 4.78 is 14.0. The largest absolute Gasteiger partial charge is 0.321 e. The van der Waals surface area contributed by atoms with E-state index in [4.69, 9.17) is 11.6 Å². The molecule has 6 heteroatoms. The van der Waals surface area contributed by atoms with Crippen molar-refractivity contribution in [1.29, 1.82) is 0 Å². The zero-order chi connectivity index (χ0) is 19.9. The minimum atomic E-state index is -0.602. The van der Waals surface area contributed by atoms with E-state index in [1.54, 1.807) is 66.7 Å². The fraction of sp³-hybridized carbons (Fsp3) is 0. The van der Waals surface area contributed by atoms with Gasteiger partial charge in [-0.3, -0.25) is 9.59 Å². The van der Waals surface area contributed by atoms with Gasteiger partial charge in [-0.05, 0) is 42.5 Å². The molecule has 0 fully saturated rings. The fourth-order valence-corrected chi connectivity index (χ4v) is 2.65. The van der Waals surface area contributed by atoms with Crippen LogP contribution in [0.4, 0.5) is 10.1 Å². The molecule has 0 atom stereocenters. The Morgan fingerprint density at radius 3 is 2.32 bits per heavy atom. The standard InChI is InChI=1S/C22H16ClFN2O2/c23-17-10-6-11-18(14-17)25-22(28)20(13-16-9-4-5-12-19(16)24)26-21(27)15-7-2-1-3-8-15/h1-14H,(H,25,28)(H,26,27). The van der Waals surface area contributed by atoms with Gasteiger partial charge in [0.2, 0.25) is 0 Å². The maximum atomic E-state index is 14.0. The predicted octanol–water partition coefficient (Wildman–Crippen LogP) is 4.89. The van der Waals surface area contributed by atoms with E-state index in [-0.39, 0.29) is 11.3 Å². The van der Waals surface area contributed by atoms with Gasteiger partial charge >= 0.3 is 0 Å². The Kier molecular flexibility index (Phi) is 6.19. The number of benzene rings is 3. The fourth-order valence-electron chi connectivity index (χ4n) is 2.45. The van der Waals surface area contributed by atoms with Crippen LogP contribution in [-0.2, 0) is 4.79 Å². The highest BCUT2D eigenvalue weighted by molar-refractivity contribution is 6.31. The molecule has 0 aliphatic carbocycles. The van der Waals surface area contributed by atoms with Crippen LogP contribution in [0.15, 0.2) is 84.6 Å². The summed E-state index contributed by atoms with van der Waals surface area (Å²) in [5, 5.41) is 5.65. The highest BCUT2D eigenvalue weighted by atomic mass is 35.5. The van der Waals surface area contributed by atoms with E-state index < -0.39 is 17.6 Å².